The fourth-order valence-electron chi connectivity index (χ4n) is 1.22. The van der Waals surface area contributed by atoms with Crippen molar-refractivity contribution in [2.75, 3.05) is 18.9 Å². The molecule has 0 atom stereocenters. The molecule has 1 rings (SSSR count). The molecule has 94 valence electrons. The lowest BCUT2D eigenvalue weighted by molar-refractivity contribution is 0.0724. The topological polar surface area (TPSA) is 95.6 Å². The predicted octanol–water partition coefficient (Wildman–Crippen LogP) is 0.504. The Morgan fingerprint density at radius 1 is 1.41 bits per heavy atom. The molecule has 1 aromatic rings. The molecule has 0 radical (unpaired) electrons. The Morgan fingerprint density at radius 3 is 2.47 bits per heavy atom. The molecule has 0 heterocycles. The van der Waals surface area contributed by atoms with Crippen LogP contribution >= 0.6 is 15.9 Å². The standard InChI is InChI=1S/C11H15BrN2O3/c1-11(5-15,6-16)14-10(17)7-2-8(12)4-9(13)3-7/h2-4,15-16H,5-6,13H2,1H3,(H,14,17). The van der Waals surface area contributed by atoms with Gasteiger partial charge in [-0.2, -0.15) is 0 Å². The summed E-state index contributed by atoms with van der Waals surface area (Å²) in [6.07, 6.45) is 0. The molecule has 1 amide bonds. The summed E-state index contributed by atoms with van der Waals surface area (Å²) in [5, 5.41) is 20.7. The van der Waals surface area contributed by atoms with E-state index in [4.69, 9.17) is 15.9 Å². The SMILES string of the molecule is CC(CO)(CO)NC(=O)c1cc(N)cc(Br)c1. The maximum atomic E-state index is 11.9. The highest BCUT2D eigenvalue weighted by Gasteiger charge is 2.25. The lowest BCUT2D eigenvalue weighted by Gasteiger charge is -2.26. The Kier molecular flexibility index (Phi) is 4.50. The average molecular weight is 303 g/mol. The zero-order valence-corrected chi connectivity index (χ0v) is 11.0. The summed E-state index contributed by atoms with van der Waals surface area (Å²) in [4.78, 5) is 11.9. The van der Waals surface area contributed by atoms with Crippen LogP contribution in [0, 0.1) is 0 Å². The summed E-state index contributed by atoms with van der Waals surface area (Å²) < 4.78 is 0.692. The van der Waals surface area contributed by atoms with Gasteiger partial charge in [0.1, 0.15) is 0 Å². The Morgan fingerprint density at radius 2 is 2.00 bits per heavy atom. The Balaban J connectivity index is 2.90. The van der Waals surface area contributed by atoms with Gasteiger partial charge in [-0.3, -0.25) is 4.79 Å². The van der Waals surface area contributed by atoms with E-state index >= 15 is 0 Å². The minimum Gasteiger partial charge on any atom is -0.399 e. The molecule has 0 aromatic heterocycles. The number of aliphatic hydroxyl groups is 2. The van der Waals surface area contributed by atoms with Crippen LogP contribution in [0.15, 0.2) is 22.7 Å². The first-order valence-corrected chi connectivity index (χ1v) is 5.80. The fraction of sp³-hybridized carbons (Fsp3) is 0.364. The Hall–Kier alpha value is -1.11. The number of nitrogens with two attached hydrogens (primary N) is 1. The van der Waals surface area contributed by atoms with E-state index in [9.17, 15) is 4.79 Å². The third-order valence-electron chi connectivity index (χ3n) is 2.30. The van der Waals surface area contributed by atoms with Crippen LogP contribution in [0.3, 0.4) is 0 Å². The number of amides is 1. The molecular formula is C11H15BrN2O3. The predicted molar refractivity (Wildman–Crippen MR) is 68.6 cm³/mol. The van der Waals surface area contributed by atoms with Gasteiger partial charge >= 0.3 is 0 Å². The Labute approximate surface area is 108 Å². The van der Waals surface area contributed by atoms with E-state index in [1.807, 2.05) is 0 Å². The quantitative estimate of drug-likeness (QED) is 0.609. The minimum absolute atomic E-state index is 0.348. The van der Waals surface area contributed by atoms with Crippen LogP contribution in [0.4, 0.5) is 5.69 Å². The van der Waals surface area contributed by atoms with E-state index in [-0.39, 0.29) is 13.2 Å². The molecule has 1 aromatic carbocycles. The van der Waals surface area contributed by atoms with Gasteiger partial charge in [0.15, 0.2) is 0 Å². The zero-order chi connectivity index (χ0) is 13.1. The molecule has 0 aliphatic carbocycles. The van der Waals surface area contributed by atoms with E-state index in [0.717, 1.165) is 0 Å². The van der Waals surface area contributed by atoms with Crippen molar-refractivity contribution in [2.45, 2.75) is 12.5 Å². The second-order valence-corrected chi connectivity index (χ2v) is 5.02. The van der Waals surface area contributed by atoms with Gasteiger partial charge in [0, 0.05) is 15.7 Å². The molecule has 0 unspecified atom stereocenters. The average Bonchev–Trinajstić information content (AvgIpc) is 2.27. The number of nitrogens with one attached hydrogen (secondary N) is 1. The van der Waals surface area contributed by atoms with E-state index in [1.54, 1.807) is 19.1 Å². The highest BCUT2D eigenvalue weighted by atomic mass is 79.9. The number of aliphatic hydroxyl groups excluding tert-OH is 2. The van der Waals surface area contributed by atoms with Crippen molar-refractivity contribution < 1.29 is 15.0 Å². The highest BCUT2D eigenvalue weighted by molar-refractivity contribution is 9.10. The van der Waals surface area contributed by atoms with Crippen LogP contribution in [0.5, 0.6) is 0 Å². The number of rotatable bonds is 4. The van der Waals surface area contributed by atoms with Gasteiger partial charge in [-0.05, 0) is 25.1 Å². The molecule has 0 saturated carbocycles. The summed E-state index contributed by atoms with van der Waals surface area (Å²) in [5.74, 6) is -0.399. The normalized spacial score (nSPS) is 11.3. The lowest BCUT2D eigenvalue weighted by atomic mass is 10.0. The molecule has 0 fully saturated rings. The summed E-state index contributed by atoms with van der Waals surface area (Å²) in [7, 11) is 0. The van der Waals surface area contributed by atoms with Crippen LogP contribution in [0.1, 0.15) is 17.3 Å². The van der Waals surface area contributed by atoms with Crippen molar-refractivity contribution in [3.05, 3.63) is 28.2 Å². The number of hydrogen-bond acceptors (Lipinski definition) is 4. The van der Waals surface area contributed by atoms with Gasteiger partial charge in [0.25, 0.3) is 5.91 Å². The number of benzene rings is 1. The fourth-order valence-corrected chi connectivity index (χ4v) is 1.73. The molecule has 17 heavy (non-hydrogen) atoms. The van der Waals surface area contributed by atoms with Crippen molar-refractivity contribution in [2.24, 2.45) is 0 Å². The van der Waals surface area contributed by atoms with Gasteiger partial charge in [-0.25, -0.2) is 0 Å². The summed E-state index contributed by atoms with van der Waals surface area (Å²) >= 11 is 3.24. The van der Waals surface area contributed by atoms with E-state index in [1.165, 1.54) is 6.07 Å². The molecular weight excluding hydrogens is 288 g/mol. The second kappa shape index (κ2) is 5.48. The summed E-state index contributed by atoms with van der Waals surface area (Å²) in [6.45, 7) is 0.851. The van der Waals surface area contributed by atoms with E-state index < -0.39 is 11.4 Å². The van der Waals surface area contributed by atoms with Gasteiger partial charge in [0.05, 0.1) is 18.8 Å². The third-order valence-corrected chi connectivity index (χ3v) is 2.75. The smallest absolute Gasteiger partial charge is 0.251 e. The minimum atomic E-state index is -1.05. The first-order chi connectivity index (χ1) is 7.90. The number of nitrogen functional groups attached to an aromatic ring is 1. The third kappa shape index (κ3) is 3.69. The monoisotopic (exact) mass is 302 g/mol. The maximum absolute atomic E-state index is 11.9. The molecule has 0 bridgehead atoms. The van der Waals surface area contributed by atoms with Crippen molar-refractivity contribution in [1.29, 1.82) is 0 Å². The van der Waals surface area contributed by atoms with Crippen molar-refractivity contribution in [1.82, 2.24) is 5.32 Å². The van der Waals surface area contributed by atoms with Crippen LogP contribution in [0.2, 0.25) is 0 Å². The molecule has 0 aliphatic heterocycles. The zero-order valence-electron chi connectivity index (χ0n) is 9.40. The molecule has 0 saturated heterocycles. The van der Waals surface area contributed by atoms with Crippen LogP contribution in [0.25, 0.3) is 0 Å². The Bertz CT molecular complexity index is 399. The van der Waals surface area contributed by atoms with Crippen LogP contribution in [-0.2, 0) is 0 Å². The van der Waals surface area contributed by atoms with Crippen LogP contribution in [-0.4, -0.2) is 34.9 Å². The molecule has 5 nitrogen and oxygen atoms in total. The summed E-state index contributed by atoms with van der Waals surface area (Å²) in [6, 6.07) is 4.81. The molecule has 0 aliphatic rings. The molecule has 5 N–H and O–H groups in total. The second-order valence-electron chi connectivity index (χ2n) is 4.10. The first-order valence-electron chi connectivity index (χ1n) is 5.00. The van der Waals surface area contributed by atoms with Crippen molar-refractivity contribution in [3.63, 3.8) is 0 Å². The summed E-state index contributed by atoms with van der Waals surface area (Å²) in [5.41, 5.74) is 5.39. The van der Waals surface area contributed by atoms with Gasteiger partial charge in [-0.1, -0.05) is 15.9 Å². The van der Waals surface area contributed by atoms with Crippen molar-refractivity contribution in [3.8, 4) is 0 Å². The number of halogens is 1. The first kappa shape index (κ1) is 14.0. The number of carbonyl (C=O) groups is 1. The highest BCUT2D eigenvalue weighted by Crippen LogP contribution is 2.17. The van der Waals surface area contributed by atoms with Crippen LogP contribution < -0.4 is 11.1 Å². The van der Waals surface area contributed by atoms with E-state index in [2.05, 4.69) is 21.2 Å². The molecule has 0 spiro atoms. The number of anilines is 1. The molecule has 6 heteroatoms. The van der Waals surface area contributed by atoms with Gasteiger partial charge in [0.2, 0.25) is 0 Å². The number of hydrogen-bond donors (Lipinski definition) is 4. The largest absolute Gasteiger partial charge is 0.399 e. The number of carbonyl (C=O) groups excluding carboxylic acids is 1. The van der Waals surface area contributed by atoms with Crippen molar-refractivity contribution >= 4 is 27.5 Å². The maximum Gasteiger partial charge on any atom is 0.251 e. The van der Waals surface area contributed by atoms with E-state index in [0.29, 0.717) is 15.7 Å². The van der Waals surface area contributed by atoms with Gasteiger partial charge < -0.3 is 21.3 Å². The lowest BCUT2D eigenvalue weighted by Crippen LogP contribution is -2.51. The van der Waals surface area contributed by atoms with Gasteiger partial charge in [-0.15, -0.1) is 0 Å².